The highest BCUT2D eigenvalue weighted by molar-refractivity contribution is 5.94. The molecule has 1 amide bonds. The Bertz CT molecular complexity index is 1060. The quantitative estimate of drug-likeness (QED) is 0.193. The second-order valence-electron chi connectivity index (χ2n) is 13.1. The monoisotopic (exact) mass is 597 g/mol. The molecule has 3 aliphatic carbocycles. The standard InChI is InChI=1S/C30H47NO11/c1-15-16(13-19(33)31(4)11-12-41-27-25(38)23(36)21(34)18(14-32)42-27)7-8-17-20(15)22(35)24(37)26-29(17,2)9-6-10-30(26,3)28(39)40-5/h13,15,17-18,20-23,25-27,32,34-36,38H,6-12,14H2,1-5H3/b16-13+/t15-,17-,18+,20-,21-,22+,23-,25+,26+,27+,29+,30-/m0/s1. The van der Waals surface area contributed by atoms with Crippen molar-refractivity contribution < 1.29 is 54.1 Å². The number of aliphatic hydroxyl groups excluding tert-OH is 5. The average molecular weight is 598 g/mol. The molecule has 0 aromatic carbocycles. The van der Waals surface area contributed by atoms with E-state index in [1.54, 1.807) is 20.0 Å². The Morgan fingerprint density at radius 3 is 2.45 bits per heavy atom. The number of ketones is 1. The van der Waals surface area contributed by atoms with Crippen molar-refractivity contribution in [2.24, 2.45) is 34.5 Å². The van der Waals surface area contributed by atoms with Gasteiger partial charge >= 0.3 is 5.97 Å². The van der Waals surface area contributed by atoms with E-state index in [1.165, 1.54) is 12.0 Å². The molecule has 3 saturated carbocycles. The zero-order valence-electron chi connectivity index (χ0n) is 25.1. The molecule has 0 bridgehead atoms. The molecule has 1 heterocycles. The average Bonchev–Trinajstić information content (AvgIpc) is 2.96. The van der Waals surface area contributed by atoms with Crippen molar-refractivity contribution in [1.29, 1.82) is 0 Å². The normalized spacial score (nSPS) is 44.7. The van der Waals surface area contributed by atoms with Crippen molar-refractivity contribution >= 4 is 17.7 Å². The highest BCUT2D eigenvalue weighted by Gasteiger charge is 2.66. The number of Topliss-reactive ketones (excluding diaryl/α,β-unsaturated/α-hetero) is 1. The maximum absolute atomic E-state index is 13.8. The maximum Gasteiger partial charge on any atom is 0.312 e. The summed E-state index contributed by atoms with van der Waals surface area (Å²) >= 11 is 0. The molecule has 4 rings (SSSR count). The van der Waals surface area contributed by atoms with E-state index in [0.717, 1.165) is 18.4 Å². The summed E-state index contributed by atoms with van der Waals surface area (Å²) in [6, 6.07) is 0. The van der Waals surface area contributed by atoms with Crippen molar-refractivity contribution in [3.8, 4) is 0 Å². The summed E-state index contributed by atoms with van der Waals surface area (Å²) in [4.78, 5) is 41.2. The highest BCUT2D eigenvalue weighted by atomic mass is 16.7. The van der Waals surface area contributed by atoms with Gasteiger partial charge in [-0.1, -0.05) is 25.8 Å². The van der Waals surface area contributed by atoms with Crippen molar-refractivity contribution in [2.75, 3.05) is 33.9 Å². The van der Waals surface area contributed by atoms with Gasteiger partial charge in [-0.15, -0.1) is 0 Å². The van der Waals surface area contributed by atoms with Crippen LogP contribution in [0.4, 0.5) is 0 Å². The molecule has 0 spiro atoms. The van der Waals surface area contributed by atoms with Gasteiger partial charge in [0.1, 0.15) is 30.5 Å². The van der Waals surface area contributed by atoms with E-state index >= 15 is 0 Å². The number of hydrogen-bond acceptors (Lipinski definition) is 11. The molecule has 5 N–H and O–H groups in total. The number of carbonyl (C=O) groups is 3. The van der Waals surface area contributed by atoms with Gasteiger partial charge in [0, 0.05) is 31.5 Å². The molecule has 0 radical (unpaired) electrons. The predicted octanol–water partition coefficient (Wildman–Crippen LogP) is -0.221. The van der Waals surface area contributed by atoms with E-state index in [4.69, 9.17) is 14.2 Å². The Balaban J connectivity index is 1.42. The molecule has 4 aliphatic rings. The highest BCUT2D eigenvalue weighted by Crippen LogP contribution is 2.64. The van der Waals surface area contributed by atoms with E-state index in [2.05, 4.69) is 6.92 Å². The third-order valence-corrected chi connectivity index (χ3v) is 10.8. The number of carbonyl (C=O) groups excluding carboxylic acids is 3. The van der Waals surface area contributed by atoms with Gasteiger partial charge in [0.2, 0.25) is 5.91 Å². The van der Waals surface area contributed by atoms with Gasteiger partial charge in [0.05, 0.1) is 25.7 Å². The summed E-state index contributed by atoms with van der Waals surface area (Å²) < 4.78 is 15.9. The van der Waals surface area contributed by atoms with E-state index in [9.17, 15) is 39.9 Å². The van der Waals surface area contributed by atoms with Crippen LogP contribution in [-0.4, -0.2) is 119 Å². The molecular formula is C30H47NO11. The predicted molar refractivity (Wildman–Crippen MR) is 147 cm³/mol. The van der Waals surface area contributed by atoms with Crippen LogP contribution in [0.15, 0.2) is 11.6 Å². The third kappa shape index (κ3) is 5.55. The number of likely N-dealkylation sites (N-methyl/N-ethyl adjacent to an activating group) is 1. The number of esters is 1. The van der Waals surface area contributed by atoms with Gasteiger partial charge in [0.25, 0.3) is 0 Å². The van der Waals surface area contributed by atoms with Gasteiger partial charge in [0.15, 0.2) is 12.1 Å². The minimum atomic E-state index is -1.55. The SMILES string of the molecule is COC(=O)[C@@]1(C)CCC[C@@]2(C)[C@H]1C(=O)[C@H](O)[C@H]1[C@@H](C)/C(=C/C(=O)N(C)CCO[C@@H]3O[C@H](CO)[C@H](O)[C@H](O)[C@H]3O)CC[C@@H]12. The van der Waals surface area contributed by atoms with Crippen LogP contribution in [0.2, 0.25) is 0 Å². The smallest absolute Gasteiger partial charge is 0.312 e. The first-order valence-corrected chi connectivity index (χ1v) is 14.9. The summed E-state index contributed by atoms with van der Waals surface area (Å²) in [5.74, 6) is -2.23. The van der Waals surface area contributed by atoms with Crippen LogP contribution in [0.25, 0.3) is 0 Å². The minimum Gasteiger partial charge on any atom is -0.469 e. The van der Waals surface area contributed by atoms with Crippen molar-refractivity contribution in [2.45, 2.75) is 89.7 Å². The number of hydrogen-bond donors (Lipinski definition) is 5. The molecule has 0 aromatic heterocycles. The summed E-state index contributed by atoms with van der Waals surface area (Å²) in [6.07, 6.45) is -3.20. The Morgan fingerprint density at radius 2 is 1.81 bits per heavy atom. The molecule has 1 aliphatic heterocycles. The van der Waals surface area contributed by atoms with Crippen LogP contribution in [0, 0.1) is 34.5 Å². The van der Waals surface area contributed by atoms with Gasteiger partial charge in [-0.05, 0) is 49.9 Å². The fourth-order valence-corrected chi connectivity index (χ4v) is 8.40. The number of ether oxygens (including phenoxy) is 3. The number of amides is 1. The fourth-order valence-electron chi connectivity index (χ4n) is 8.40. The molecule has 1 saturated heterocycles. The summed E-state index contributed by atoms with van der Waals surface area (Å²) in [6.45, 7) is 5.34. The number of aliphatic hydroxyl groups is 5. The first-order chi connectivity index (χ1) is 19.7. The number of fused-ring (bicyclic) bond motifs is 3. The molecule has 0 aromatic rings. The minimum absolute atomic E-state index is 0.00593. The summed E-state index contributed by atoms with van der Waals surface area (Å²) in [5.41, 5.74) is -0.603. The van der Waals surface area contributed by atoms with Crippen LogP contribution in [-0.2, 0) is 28.6 Å². The Labute approximate surface area is 246 Å². The van der Waals surface area contributed by atoms with Crippen molar-refractivity contribution in [3.05, 3.63) is 11.6 Å². The van der Waals surface area contributed by atoms with Crippen LogP contribution < -0.4 is 0 Å². The van der Waals surface area contributed by atoms with Gasteiger partial charge < -0.3 is 44.6 Å². The maximum atomic E-state index is 13.8. The molecule has 4 fully saturated rings. The number of nitrogens with zero attached hydrogens (tertiary/aromatic N) is 1. The van der Waals surface area contributed by atoms with Crippen LogP contribution in [0.5, 0.6) is 0 Å². The lowest BCUT2D eigenvalue weighted by Gasteiger charge is -2.61. The van der Waals surface area contributed by atoms with E-state index in [1.807, 2.05) is 6.92 Å². The summed E-state index contributed by atoms with van der Waals surface area (Å²) in [5, 5.41) is 50.7. The first kappa shape index (κ1) is 33.0. The van der Waals surface area contributed by atoms with Crippen molar-refractivity contribution in [3.63, 3.8) is 0 Å². The Kier molecular flexibility index (Phi) is 9.88. The number of allylic oxidation sites excluding steroid dienone is 1. The Hall–Kier alpha value is -1.93. The first-order valence-electron chi connectivity index (χ1n) is 14.9. The lowest BCUT2D eigenvalue weighted by Crippen LogP contribution is -2.65. The van der Waals surface area contributed by atoms with Gasteiger partial charge in [-0.3, -0.25) is 14.4 Å². The molecule has 238 valence electrons. The topological polar surface area (TPSA) is 183 Å². The van der Waals surface area contributed by atoms with Gasteiger partial charge in [-0.2, -0.15) is 0 Å². The van der Waals surface area contributed by atoms with Gasteiger partial charge in [-0.25, -0.2) is 0 Å². The van der Waals surface area contributed by atoms with E-state index < -0.39 is 66.1 Å². The lowest BCUT2D eigenvalue weighted by atomic mass is 9.42. The molecule has 12 nitrogen and oxygen atoms in total. The third-order valence-electron chi connectivity index (χ3n) is 10.8. The van der Waals surface area contributed by atoms with Crippen LogP contribution in [0.1, 0.15) is 52.9 Å². The van der Waals surface area contributed by atoms with E-state index in [-0.39, 0.29) is 42.6 Å². The van der Waals surface area contributed by atoms with Crippen LogP contribution >= 0.6 is 0 Å². The zero-order valence-corrected chi connectivity index (χ0v) is 25.1. The van der Waals surface area contributed by atoms with Crippen LogP contribution in [0.3, 0.4) is 0 Å². The second-order valence-corrected chi connectivity index (χ2v) is 13.1. The van der Waals surface area contributed by atoms with Crippen molar-refractivity contribution in [1.82, 2.24) is 4.90 Å². The Morgan fingerprint density at radius 1 is 1.12 bits per heavy atom. The lowest BCUT2D eigenvalue weighted by molar-refractivity contribution is -0.301. The number of methoxy groups -OCH3 is 1. The zero-order chi connectivity index (χ0) is 31.1. The number of rotatable bonds is 7. The fraction of sp³-hybridized carbons (Fsp3) is 0.833. The molecule has 0 unspecified atom stereocenters. The molecule has 12 heteroatoms. The molecular weight excluding hydrogens is 550 g/mol. The second kappa shape index (κ2) is 12.6. The molecule has 42 heavy (non-hydrogen) atoms. The molecule has 12 atom stereocenters. The largest absolute Gasteiger partial charge is 0.469 e. The summed E-state index contributed by atoms with van der Waals surface area (Å²) in [7, 11) is 2.92. The van der Waals surface area contributed by atoms with E-state index in [0.29, 0.717) is 19.3 Å².